The van der Waals surface area contributed by atoms with E-state index in [4.69, 9.17) is 0 Å². The molecule has 2 N–H and O–H groups in total. The van der Waals surface area contributed by atoms with Crippen molar-refractivity contribution in [2.24, 2.45) is 0 Å². The second-order valence-corrected chi connectivity index (χ2v) is 8.52. The molecule has 0 aliphatic heterocycles. The van der Waals surface area contributed by atoms with Crippen molar-refractivity contribution < 1.29 is 8.42 Å². The fourth-order valence-electron chi connectivity index (χ4n) is 2.61. The molecule has 5 nitrogen and oxygen atoms in total. The van der Waals surface area contributed by atoms with Crippen LogP contribution in [0, 0.1) is 0 Å². The van der Waals surface area contributed by atoms with Crippen LogP contribution in [-0.2, 0) is 16.6 Å². The molecule has 0 saturated heterocycles. The molecule has 7 heteroatoms. The molecule has 21 heavy (non-hydrogen) atoms. The Morgan fingerprint density at radius 1 is 1.38 bits per heavy atom. The fourth-order valence-corrected chi connectivity index (χ4v) is 5.14. The Bertz CT molecular complexity index is 563. The lowest BCUT2D eigenvalue weighted by Gasteiger charge is -2.47. The van der Waals surface area contributed by atoms with Gasteiger partial charge in [0, 0.05) is 23.5 Å². The molecule has 0 radical (unpaired) electrons. The molecule has 1 aliphatic carbocycles. The van der Waals surface area contributed by atoms with E-state index in [0.717, 1.165) is 24.3 Å². The lowest BCUT2D eigenvalue weighted by molar-refractivity contribution is 0.0657. The Kier molecular flexibility index (Phi) is 5.43. The number of rotatable bonds is 8. The van der Waals surface area contributed by atoms with Crippen molar-refractivity contribution in [3.05, 3.63) is 16.3 Å². The summed E-state index contributed by atoms with van der Waals surface area (Å²) in [6.45, 7) is 3.92. The highest BCUT2D eigenvalue weighted by Crippen LogP contribution is 2.36. The maximum absolute atomic E-state index is 12.5. The highest BCUT2D eigenvalue weighted by atomic mass is 32.2. The van der Waals surface area contributed by atoms with Gasteiger partial charge in [0.2, 0.25) is 10.0 Å². The van der Waals surface area contributed by atoms with Crippen LogP contribution in [0.4, 0.5) is 0 Å². The first-order chi connectivity index (χ1) is 9.91. The van der Waals surface area contributed by atoms with Crippen LogP contribution in [0.5, 0.6) is 0 Å². The summed E-state index contributed by atoms with van der Waals surface area (Å²) in [5, 5.41) is 5.03. The van der Waals surface area contributed by atoms with E-state index >= 15 is 0 Å². The van der Waals surface area contributed by atoms with Crippen LogP contribution in [0.3, 0.4) is 0 Å². The van der Waals surface area contributed by atoms with E-state index in [9.17, 15) is 8.42 Å². The predicted octanol–water partition coefficient (Wildman–Crippen LogP) is 1.62. The summed E-state index contributed by atoms with van der Waals surface area (Å²) in [4.78, 5) is 3.44. The average Bonchev–Trinajstić information content (AvgIpc) is 2.83. The number of nitrogens with one attached hydrogen (secondary N) is 2. The zero-order valence-electron chi connectivity index (χ0n) is 13.0. The van der Waals surface area contributed by atoms with Gasteiger partial charge in [0.15, 0.2) is 0 Å². The summed E-state index contributed by atoms with van der Waals surface area (Å²) in [6, 6.07) is 1.70. The number of sulfonamides is 1. The number of hydrogen-bond donors (Lipinski definition) is 2. The third kappa shape index (κ3) is 3.65. The monoisotopic (exact) mass is 331 g/mol. The molecule has 1 aliphatic rings. The van der Waals surface area contributed by atoms with E-state index in [1.54, 1.807) is 6.07 Å². The Hall–Kier alpha value is -0.470. The molecule has 1 saturated carbocycles. The number of nitrogens with zero attached hydrogens (tertiary/aromatic N) is 1. The maximum atomic E-state index is 12.5. The first-order valence-corrected chi connectivity index (χ1v) is 9.72. The Balaban J connectivity index is 2.07. The van der Waals surface area contributed by atoms with Gasteiger partial charge in [-0.05, 0) is 51.3 Å². The van der Waals surface area contributed by atoms with E-state index in [0.29, 0.717) is 18.0 Å². The van der Waals surface area contributed by atoms with Gasteiger partial charge in [0.05, 0.1) is 4.90 Å². The number of thiophene rings is 1. The molecule has 1 aromatic rings. The minimum Gasteiger partial charge on any atom is -0.312 e. The third-order valence-corrected chi connectivity index (χ3v) is 6.89. The van der Waals surface area contributed by atoms with Crippen LogP contribution >= 0.6 is 11.3 Å². The molecular weight excluding hydrogens is 306 g/mol. The van der Waals surface area contributed by atoms with Gasteiger partial charge in [0.25, 0.3) is 0 Å². The van der Waals surface area contributed by atoms with Crippen molar-refractivity contribution in [1.29, 1.82) is 0 Å². The standard InChI is InChI=1S/C14H25N3O2S2/c1-4-15-10-12-13(6-9-20-12)21(18,19)16-11-14(17(2)3)7-5-8-14/h6,9,15-16H,4-5,7-8,10-11H2,1-3H3. The first kappa shape index (κ1) is 16.9. The molecule has 0 amide bonds. The Morgan fingerprint density at radius 3 is 2.62 bits per heavy atom. The van der Waals surface area contributed by atoms with Crippen molar-refractivity contribution in [1.82, 2.24) is 14.9 Å². The Labute approximate surface area is 131 Å². The molecule has 0 unspecified atom stereocenters. The molecule has 1 aromatic heterocycles. The maximum Gasteiger partial charge on any atom is 0.241 e. The van der Waals surface area contributed by atoms with Crippen molar-refractivity contribution in [3.8, 4) is 0 Å². The van der Waals surface area contributed by atoms with Gasteiger partial charge < -0.3 is 10.2 Å². The molecule has 0 atom stereocenters. The predicted molar refractivity (Wildman–Crippen MR) is 87.2 cm³/mol. The van der Waals surface area contributed by atoms with Gasteiger partial charge in [0.1, 0.15) is 0 Å². The van der Waals surface area contributed by atoms with Gasteiger partial charge in [-0.15, -0.1) is 11.3 Å². The quantitative estimate of drug-likeness (QED) is 0.760. The van der Waals surface area contributed by atoms with Crippen LogP contribution < -0.4 is 10.0 Å². The van der Waals surface area contributed by atoms with E-state index in [-0.39, 0.29) is 5.54 Å². The SMILES string of the molecule is CCNCc1sccc1S(=O)(=O)NCC1(N(C)C)CCC1. The molecule has 0 bridgehead atoms. The summed E-state index contributed by atoms with van der Waals surface area (Å²) in [7, 11) is 0.618. The topological polar surface area (TPSA) is 61.4 Å². The van der Waals surface area contributed by atoms with E-state index in [2.05, 4.69) is 14.9 Å². The average molecular weight is 332 g/mol. The highest BCUT2D eigenvalue weighted by Gasteiger charge is 2.40. The summed E-state index contributed by atoms with van der Waals surface area (Å²) in [6.07, 6.45) is 3.27. The summed E-state index contributed by atoms with van der Waals surface area (Å²) < 4.78 is 27.9. The normalized spacial score (nSPS) is 17.9. The number of hydrogen-bond acceptors (Lipinski definition) is 5. The summed E-state index contributed by atoms with van der Waals surface area (Å²) >= 11 is 1.48. The van der Waals surface area contributed by atoms with Crippen LogP contribution in [0.25, 0.3) is 0 Å². The molecule has 120 valence electrons. The molecule has 1 heterocycles. The third-order valence-electron chi connectivity index (χ3n) is 4.35. The van der Waals surface area contributed by atoms with Crippen molar-refractivity contribution in [2.75, 3.05) is 27.2 Å². The lowest BCUT2D eigenvalue weighted by atomic mass is 9.76. The van der Waals surface area contributed by atoms with Gasteiger partial charge >= 0.3 is 0 Å². The van der Waals surface area contributed by atoms with Crippen LogP contribution in [0.15, 0.2) is 16.3 Å². The molecule has 0 spiro atoms. The molecular formula is C14H25N3O2S2. The minimum atomic E-state index is -3.43. The van der Waals surface area contributed by atoms with E-state index in [1.165, 1.54) is 17.8 Å². The zero-order chi connectivity index (χ0) is 15.5. The van der Waals surface area contributed by atoms with Crippen LogP contribution in [0.1, 0.15) is 31.1 Å². The van der Waals surface area contributed by atoms with Gasteiger partial charge in [-0.25, -0.2) is 13.1 Å². The van der Waals surface area contributed by atoms with Gasteiger partial charge in [-0.2, -0.15) is 0 Å². The van der Waals surface area contributed by atoms with E-state index in [1.807, 2.05) is 26.4 Å². The van der Waals surface area contributed by atoms with Crippen molar-refractivity contribution in [3.63, 3.8) is 0 Å². The van der Waals surface area contributed by atoms with Gasteiger partial charge in [-0.1, -0.05) is 6.92 Å². The second kappa shape index (κ2) is 6.75. The van der Waals surface area contributed by atoms with Crippen molar-refractivity contribution in [2.45, 2.75) is 43.2 Å². The fraction of sp³-hybridized carbons (Fsp3) is 0.714. The molecule has 1 fully saturated rings. The van der Waals surface area contributed by atoms with Crippen LogP contribution in [-0.4, -0.2) is 46.0 Å². The van der Waals surface area contributed by atoms with Gasteiger partial charge in [-0.3, -0.25) is 0 Å². The zero-order valence-corrected chi connectivity index (χ0v) is 14.6. The largest absolute Gasteiger partial charge is 0.312 e. The molecule has 2 rings (SSSR count). The number of likely N-dealkylation sites (N-methyl/N-ethyl adjacent to an activating group) is 1. The Morgan fingerprint density at radius 2 is 2.10 bits per heavy atom. The highest BCUT2D eigenvalue weighted by molar-refractivity contribution is 7.89. The van der Waals surface area contributed by atoms with Crippen molar-refractivity contribution >= 4 is 21.4 Å². The first-order valence-electron chi connectivity index (χ1n) is 7.35. The van der Waals surface area contributed by atoms with E-state index < -0.39 is 10.0 Å². The summed E-state index contributed by atoms with van der Waals surface area (Å²) in [5.74, 6) is 0. The smallest absolute Gasteiger partial charge is 0.241 e. The van der Waals surface area contributed by atoms with Crippen LogP contribution in [0.2, 0.25) is 0 Å². The molecule has 0 aromatic carbocycles. The second-order valence-electron chi connectivity index (χ2n) is 5.79. The lowest BCUT2D eigenvalue weighted by Crippen LogP contribution is -2.57. The minimum absolute atomic E-state index is 0.00900. The summed E-state index contributed by atoms with van der Waals surface area (Å²) in [5.41, 5.74) is -0.00900.